The molecule has 2 aromatic carbocycles. The minimum absolute atomic E-state index is 0.156. The highest BCUT2D eigenvalue weighted by molar-refractivity contribution is 5.58. The Kier molecular flexibility index (Phi) is 3.02. The van der Waals surface area contributed by atoms with Gasteiger partial charge in [0.2, 0.25) is 0 Å². The van der Waals surface area contributed by atoms with Crippen molar-refractivity contribution >= 4 is 5.69 Å². The van der Waals surface area contributed by atoms with E-state index in [1.807, 2.05) is 6.07 Å². The average molecular weight is 255 g/mol. The van der Waals surface area contributed by atoms with Gasteiger partial charge in [-0.3, -0.25) is 0 Å². The highest BCUT2D eigenvalue weighted by Gasteiger charge is 2.22. The normalized spacial score (nSPS) is 17.4. The third-order valence-electron chi connectivity index (χ3n) is 3.83. The van der Waals surface area contributed by atoms with Crippen LogP contribution in [-0.2, 0) is 6.42 Å². The van der Waals surface area contributed by atoms with E-state index in [4.69, 9.17) is 0 Å². The molecule has 0 saturated carbocycles. The lowest BCUT2D eigenvalue weighted by molar-refractivity contribution is 0.626. The lowest BCUT2D eigenvalue weighted by atomic mass is 9.98. The van der Waals surface area contributed by atoms with Crippen LogP contribution < -0.4 is 5.32 Å². The van der Waals surface area contributed by atoms with E-state index in [9.17, 15) is 4.39 Å². The molecule has 1 heterocycles. The van der Waals surface area contributed by atoms with Crippen molar-refractivity contribution in [3.63, 3.8) is 0 Å². The van der Waals surface area contributed by atoms with Crippen LogP contribution in [0.15, 0.2) is 42.5 Å². The predicted octanol–water partition coefficient (Wildman–Crippen LogP) is 4.66. The molecule has 2 heteroatoms. The molecule has 98 valence electrons. The van der Waals surface area contributed by atoms with Gasteiger partial charge in [0.15, 0.2) is 0 Å². The summed E-state index contributed by atoms with van der Waals surface area (Å²) in [5.41, 5.74) is 4.74. The van der Waals surface area contributed by atoms with Gasteiger partial charge in [0.05, 0.1) is 6.04 Å². The van der Waals surface area contributed by atoms with Crippen molar-refractivity contribution in [3.05, 3.63) is 65.0 Å². The number of hydrogen-bond acceptors (Lipinski definition) is 1. The number of halogens is 1. The molecule has 0 aromatic heterocycles. The first-order valence-electron chi connectivity index (χ1n) is 6.78. The largest absolute Gasteiger partial charge is 0.378 e. The van der Waals surface area contributed by atoms with Crippen molar-refractivity contribution in [2.24, 2.45) is 0 Å². The van der Waals surface area contributed by atoms with Crippen LogP contribution in [0.3, 0.4) is 0 Å². The second kappa shape index (κ2) is 4.69. The molecule has 0 fully saturated rings. The molecule has 1 N–H and O–H groups in total. The molecule has 1 nitrogen and oxygen atoms in total. The van der Waals surface area contributed by atoms with Gasteiger partial charge in [-0.1, -0.05) is 38.1 Å². The first kappa shape index (κ1) is 12.2. The average Bonchev–Trinajstić information content (AvgIpc) is 2.81. The second-order valence-electron chi connectivity index (χ2n) is 5.52. The van der Waals surface area contributed by atoms with Crippen molar-refractivity contribution in [2.45, 2.75) is 32.2 Å². The molecule has 0 bridgehead atoms. The summed E-state index contributed by atoms with van der Waals surface area (Å²) in [5.74, 6) is 0.397. The number of hydrogen-bond donors (Lipinski definition) is 1. The monoisotopic (exact) mass is 255 g/mol. The molecule has 1 aliphatic rings. The lowest BCUT2D eigenvalue weighted by Gasteiger charge is -2.13. The Hall–Kier alpha value is -1.83. The maximum atomic E-state index is 13.2. The molecule has 0 aliphatic carbocycles. The van der Waals surface area contributed by atoms with Gasteiger partial charge in [-0.2, -0.15) is 0 Å². The van der Waals surface area contributed by atoms with Gasteiger partial charge in [-0.15, -0.1) is 0 Å². The Morgan fingerprint density at radius 1 is 1.11 bits per heavy atom. The molecule has 1 atom stereocenters. The van der Waals surface area contributed by atoms with E-state index in [2.05, 4.69) is 43.4 Å². The third kappa shape index (κ3) is 2.35. The van der Waals surface area contributed by atoms with Crippen LogP contribution >= 0.6 is 0 Å². The Balaban J connectivity index is 1.82. The van der Waals surface area contributed by atoms with Crippen LogP contribution in [0.2, 0.25) is 0 Å². The third-order valence-corrected chi connectivity index (χ3v) is 3.83. The second-order valence-corrected chi connectivity index (χ2v) is 5.52. The van der Waals surface area contributed by atoms with Gasteiger partial charge in [0.1, 0.15) is 5.82 Å². The molecule has 0 amide bonds. The number of rotatable bonds is 2. The lowest BCUT2D eigenvalue weighted by Crippen LogP contribution is -2.05. The number of fused-ring (bicyclic) bond motifs is 1. The maximum absolute atomic E-state index is 13.2. The standard InChI is InChI=1S/C17H18FN/c1-11(2)12-3-5-13(6-4-12)17-10-14-9-15(18)7-8-16(14)19-17/h3-9,11,17,19H,10H2,1-2H3. The van der Waals surface area contributed by atoms with Gasteiger partial charge in [-0.25, -0.2) is 4.39 Å². The molecule has 3 rings (SSSR count). The summed E-state index contributed by atoms with van der Waals surface area (Å²) in [7, 11) is 0. The minimum atomic E-state index is -0.156. The molecule has 2 aromatic rings. The topological polar surface area (TPSA) is 12.0 Å². The Bertz CT molecular complexity index is 587. The first-order chi connectivity index (χ1) is 9.13. The van der Waals surface area contributed by atoms with Crippen LogP contribution in [0.25, 0.3) is 0 Å². The van der Waals surface area contributed by atoms with Crippen molar-refractivity contribution in [2.75, 3.05) is 5.32 Å². The van der Waals surface area contributed by atoms with Crippen LogP contribution in [0, 0.1) is 5.82 Å². The zero-order valence-electron chi connectivity index (χ0n) is 11.3. The molecule has 1 unspecified atom stereocenters. The quantitative estimate of drug-likeness (QED) is 0.823. The van der Waals surface area contributed by atoms with E-state index in [0.717, 1.165) is 17.7 Å². The van der Waals surface area contributed by atoms with Crippen molar-refractivity contribution in [1.29, 1.82) is 0 Å². The SMILES string of the molecule is CC(C)c1ccc(C2Cc3cc(F)ccc3N2)cc1. The molecule has 0 spiro atoms. The Labute approximate surface area is 113 Å². The summed E-state index contributed by atoms with van der Waals surface area (Å²) in [6, 6.07) is 14.0. The fourth-order valence-electron chi connectivity index (χ4n) is 2.65. The Morgan fingerprint density at radius 3 is 2.53 bits per heavy atom. The van der Waals surface area contributed by atoms with Gasteiger partial charge < -0.3 is 5.32 Å². The molecule has 0 radical (unpaired) electrons. The van der Waals surface area contributed by atoms with Crippen molar-refractivity contribution < 1.29 is 4.39 Å². The summed E-state index contributed by atoms with van der Waals surface area (Å²) in [6.07, 6.45) is 0.855. The van der Waals surface area contributed by atoms with E-state index in [1.165, 1.54) is 17.2 Å². The van der Waals surface area contributed by atoms with E-state index in [-0.39, 0.29) is 11.9 Å². The van der Waals surface area contributed by atoms with Crippen LogP contribution in [0.1, 0.15) is 42.5 Å². The van der Waals surface area contributed by atoms with Gasteiger partial charge >= 0.3 is 0 Å². The highest BCUT2D eigenvalue weighted by Crippen LogP contribution is 2.34. The number of anilines is 1. The summed E-state index contributed by atoms with van der Waals surface area (Å²) < 4.78 is 13.2. The molecular weight excluding hydrogens is 237 g/mol. The maximum Gasteiger partial charge on any atom is 0.123 e. The van der Waals surface area contributed by atoms with Crippen LogP contribution in [-0.4, -0.2) is 0 Å². The van der Waals surface area contributed by atoms with Crippen molar-refractivity contribution in [1.82, 2.24) is 0 Å². The number of nitrogens with one attached hydrogen (secondary N) is 1. The fraction of sp³-hybridized carbons (Fsp3) is 0.294. The van der Waals surface area contributed by atoms with E-state index < -0.39 is 0 Å². The van der Waals surface area contributed by atoms with E-state index in [1.54, 1.807) is 6.07 Å². The van der Waals surface area contributed by atoms with Gasteiger partial charge in [0, 0.05) is 5.69 Å². The predicted molar refractivity (Wildman–Crippen MR) is 77.0 cm³/mol. The molecular formula is C17H18FN. The fourth-order valence-corrected chi connectivity index (χ4v) is 2.65. The molecule has 0 saturated heterocycles. The summed E-state index contributed by atoms with van der Waals surface area (Å²) >= 11 is 0. The van der Waals surface area contributed by atoms with Crippen LogP contribution in [0.5, 0.6) is 0 Å². The molecule has 19 heavy (non-hydrogen) atoms. The zero-order chi connectivity index (χ0) is 13.4. The zero-order valence-corrected chi connectivity index (χ0v) is 11.3. The first-order valence-corrected chi connectivity index (χ1v) is 6.78. The summed E-state index contributed by atoms with van der Waals surface area (Å²) in [6.45, 7) is 4.39. The minimum Gasteiger partial charge on any atom is -0.378 e. The van der Waals surface area contributed by atoms with Gasteiger partial charge in [0.25, 0.3) is 0 Å². The van der Waals surface area contributed by atoms with Crippen LogP contribution in [0.4, 0.5) is 10.1 Å². The summed E-state index contributed by atoms with van der Waals surface area (Å²) in [5, 5.41) is 3.46. The Morgan fingerprint density at radius 2 is 1.84 bits per heavy atom. The number of benzene rings is 2. The van der Waals surface area contributed by atoms with Crippen molar-refractivity contribution in [3.8, 4) is 0 Å². The van der Waals surface area contributed by atoms with E-state index in [0.29, 0.717) is 5.92 Å². The molecule has 1 aliphatic heterocycles. The van der Waals surface area contributed by atoms with E-state index >= 15 is 0 Å². The summed E-state index contributed by atoms with van der Waals surface area (Å²) in [4.78, 5) is 0. The highest BCUT2D eigenvalue weighted by atomic mass is 19.1. The smallest absolute Gasteiger partial charge is 0.123 e. The van der Waals surface area contributed by atoms with Gasteiger partial charge in [-0.05, 0) is 47.2 Å².